The highest BCUT2D eigenvalue weighted by Crippen LogP contribution is 2.16. The molecule has 0 fully saturated rings. The van der Waals surface area contributed by atoms with Crippen LogP contribution in [0.25, 0.3) is 0 Å². The maximum atomic E-state index is 12.2. The van der Waals surface area contributed by atoms with Crippen LogP contribution in [0.4, 0.5) is 0 Å². The van der Waals surface area contributed by atoms with Gasteiger partial charge in [0.25, 0.3) is 0 Å². The van der Waals surface area contributed by atoms with Gasteiger partial charge in [-0.3, -0.25) is 4.79 Å². The van der Waals surface area contributed by atoms with Gasteiger partial charge in [-0.15, -0.1) is 0 Å². The minimum atomic E-state index is -0.395. The molecule has 2 aromatic rings. The predicted octanol–water partition coefficient (Wildman–Crippen LogP) is 6.85. The number of carbonyl (C=O) groups excluding carboxylic acids is 3. The van der Waals surface area contributed by atoms with Crippen LogP contribution in [0.15, 0.2) is 66.7 Å². The molecule has 0 bridgehead atoms. The Morgan fingerprint density at radius 2 is 1.24 bits per heavy atom. The molecule has 2 rings (SSSR count). The van der Waals surface area contributed by atoms with E-state index in [9.17, 15) is 14.4 Å². The summed E-state index contributed by atoms with van der Waals surface area (Å²) < 4.78 is 21.4. The molecule has 38 heavy (non-hydrogen) atoms. The third-order valence-electron chi connectivity index (χ3n) is 5.72. The maximum absolute atomic E-state index is 12.2. The number of para-hydroxylation sites is 1. The Hall–Kier alpha value is -3.61. The fourth-order valence-electron chi connectivity index (χ4n) is 3.54. The Morgan fingerprint density at radius 3 is 1.89 bits per heavy atom. The minimum absolute atomic E-state index is 0.165. The summed E-state index contributed by atoms with van der Waals surface area (Å²) in [7, 11) is 0. The lowest BCUT2D eigenvalue weighted by atomic mass is 10.1. The van der Waals surface area contributed by atoms with E-state index in [2.05, 4.69) is 6.58 Å². The van der Waals surface area contributed by atoms with E-state index in [0.29, 0.717) is 43.1 Å². The molecule has 2 aromatic carbocycles. The fourth-order valence-corrected chi connectivity index (χ4v) is 3.54. The molecule has 0 N–H and O–H groups in total. The topological polar surface area (TPSA) is 88.1 Å². The van der Waals surface area contributed by atoms with Crippen LogP contribution in [0.2, 0.25) is 0 Å². The second kappa shape index (κ2) is 18.6. The lowest BCUT2D eigenvalue weighted by Crippen LogP contribution is -2.08. The van der Waals surface area contributed by atoms with Crippen molar-refractivity contribution in [2.45, 2.75) is 71.1 Å². The average Bonchev–Trinajstić information content (AvgIpc) is 2.92. The second-order valence-electron chi connectivity index (χ2n) is 9.14. The van der Waals surface area contributed by atoms with Gasteiger partial charge in [0.15, 0.2) is 0 Å². The van der Waals surface area contributed by atoms with Crippen molar-refractivity contribution in [3.63, 3.8) is 0 Å². The molecule has 0 radical (unpaired) electrons. The number of unbranched alkanes of at least 4 members (excludes halogenated alkanes) is 7. The first-order chi connectivity index (χ1) is 18.5. The van der Waals surface area contributed by atoms with Crippen molar-refractivity contribution in [1.29, 1.82) is 0 Å². The maximum Gasteiger partial charge on any atom is 0.343 e. The molecular weight excluding hydrogens is 484 g/mol. The molecule has 0 aliphatic carbocycles. The van der Waals surface area contributed by atoms with Gasteiger partial charge in [0.2, 0.25) is 0 Å². The third kappa shape index (κ3) is 13.6. The number of ether oxygens (including phenoxy) is 4. The van der Waals surface area contributed by atoms with Crippen LogP contribution < -0.4 is 9.47 Å². The summed E-state index contributed by atoms with van der Waals surface area (Å²) in [5, 5.41) is 0. The molecule has 0 aliphatic heterocycles. The average molecular weight is 525 g/mol. The zero-order valence-corrected chi connectivity index (χ0v) is 22.5. The van der Waals surface area contributed by atoms with Crippen LogP contribution in [0.1, 0.15) is 81.5 Å². The van der Waals surface area contributed by atoms with Crippen molar-refractivity contribution in [1.82, 2.24) is 0 Å². The lowest BCUT2D eigenvalue weighted by molar-refractivity contribution is -0.144. The van der Waals surface area contributed by atoms with Crippen molar-refractivity contribution < 1.29 is 33.3 Å². The molecule has 0 amide bonds. The smallest absolute Gasteiger partial charge is 0.343 e. The molecule has 206 valence electrons. The number of benzene rings is 2. The summed E-state index contributed by atoms with van der Waals surface area (Å²) in [6.45, 7) is 6.59. The van der Waals surface area contributed by atoms with Gasteiger partial charge in [-0.1, -0.05) is 50.5 Å². The van der Waals surface area contributed by atoms with Crippen molar-refractivity contribution >= 4 is 17.9 Å². The summed E-state index contributed by atoms with van der Waals surface area (Å²) in [6.07, 6.45) is 8.82. The third-order valence-corrected chi connectivity index (χ3v) is 5.72. The first-order valence-corrected chi connectivity index (χ1v) is 13.4. The quantitative estimate of drug-likeness (QED) is 0.0859. The van der Waals surface area contributed by atoms with E-state index in [4.69, 9.17) is 18.9 Å². The minimum Gasteiger partial charge on any atom is -0.494 e. The van der Waals surface area contributed by atoms with Crippen molar-refractivity contribution in [3.8, 4) is 11.5 Å². The number of esters is 3. The van der Waals surface area contributed by atoms with Crippen LogP contribution in [-0.4, -0.2) is 37.7 Å². The molecule has 7 nitrogen and oxygen atoms in total. The summed E-state index contributed by atoms with van der Waals surface area (Å²) in [5.74, 6) is 0.317. The molecule has 0 saturated carbocycles. The molecule has 0 saturated heterocycles. The number of hydrogen-bond acceptors (Lipinski definition) is 7. The van der Waals surface area contributed by atoms with E-state index in [0.717, 1.165) is 63.5 Å². The summed E-state index contributed by atoms with van der Waals surface area (Å²) >= 11 is 0. The Kier molecular flexibility index (Phi) is 15.0. The number of rotatable bonds is 19. The molecule has 7 heteroatoms. The molecular formula is C31H40O7. The van der Waals surface area contributed by atoms with E-state index >= 15 is 0 Å². The molecule has 0 unspecified atom stereocenters. The van der Waals surface area contributed by atoms with E-state index in [1.807, 2.05) is 18.2 Å². The van der Waals surface area contributed by atoms with Crippen LogP contribution in [0.5, 0.6) is 11.5 Å². The van der Waals surface area contributed by atoms with Gasteiger partial charge >= 0.3 is 17.9 Å². The Labute approximate surface area is 226 Å². The standard InChI is InChI=1S/C31H40O7/c1-25(2)30(33)37-24-14-8-11-17-29(32)36-23-13-6-4-3-5-12-22-35-27-20-18-26(19-21-27)31(34)38-28-15-9-7-10-16-28/h7,9-10,15-16,18-21H,1,3-6,8,11-14,17,22-24H2,2H3. The van der Waals surface area contributed by atoms with Crippen molar-refractivity contribution in [2.75, 3.05) is 19.8 Å². The fraction of sp³-hybridized carbons (Fsp3) is 0.452. The molecule has 0 aliphatic rings. The highest BCUT2D eigenvalue weighted by molar-refractivity contribution is 5.91. The SMILES string of the molecule is C=C(C)C(=O)OCCCCCC(=O)OCCCCCCCCOc1ccc(C(=O)Oc2ccccc2)cc1. The van der Waals surface area contributed by atoms with Gasteiger partial charge in [-0.2, -0.15) is 0 Å². The molecule has 0 atom stereocenters. The highest BCUT2D eigenvalue weighted by atomic mass is 16.5. The van der Waals surface area contributed by atoms with E-state index in [1.165, 1.54) is 0 Å². The Bertz CT molecular complexity index is 983. The predicted molar refractivity (Wildman–Crippen MR) is 146 cm³/mol. The van der Waals surface area contributed by atoms with Gasteiger partial charge in [-0.25, -0.2) is 9.59 Å². The Morgan fingerprint density at radius 1 is 0.658 bits per heavy atom. The van der Waals surface area contributed by atoms with E-state index in [-0.39, 0.29) is 11.9 Å². The van der Waals surface area contributed by atoms with Crippen molar-refractivity contribution in [3.05, 3.63) is 72.3 Å². The lowest BCUT2D eigenvalue weighted by Gasteiger charge is -2.08. The normalized spacial score (nSPS) is 10.4. The van der Waals surface area contributed by atoms with Crippen molar-refractivity contribution in [2.24, 2.45) is 0 Å². The summed E-state index contributed by atoms with van der Waals surface area (Å²) in [6, 6.07) is 16.0. The Balaban J connectivity index is 1.40. The highest BCUT2D eigenvalue weighted by Gasteiger charge is 2.09. The van der Waals surface area contributed by atoms with Gasteiger partial charge in [0.1, 0.15) is 11.5 Å². The molecule has 0 spiro atoms. The zero-order chi connectivity index (χ0) is 27.4. The van der Waals surface area contributed by atoms with Gasteiger partial charge in [0, 0.05) is 12.0 Å². The number of carbonyl (C=O) groups is 3. The summed E-state index contributed by atoms with van der Waals surface area (Å²) in [4.78, 5) is 35.2. The largest absolute Gasteiger partial charge is 0.494 e. The molecule has 0 aromatic heterocycles. The second-order valence-corrected chi connectivity index (χ2v) is 9.14. The first kappa shape index (κ1) is 30.6. The van der Waals surface area contributed by atoms with Gasteiger partial charge in [-0.05, 0) is 75.4 Å². The van der Waals surface area contributed by atoms with Crippen LogP contribution in [-0.2, 0) is 19.1 Å². The monoisotopic (exact) mass is 524 g/mol. The van der Waals surface area contributed by atoms with E-state index in [1.54, 1.807) is 43.3 Å². The van der Waals surface area contributed by atoms with Crippen LogP contribution in [0.3, 0.4) is 0 Å². The number of hydrogen-bond donors (Lipinski definition) is 0. The zero-order valence-electron chi connectivity index (χ0n) is 22.5. The first-order valence-electron chi connectivity index (χ1n) is 13.4. The van der Waals surface area contributed by atoms with Crippen LogP contribution >= 0.6 is 0 Å². The van der Waals surface area contributed by atoms with Gasteiger partial charge in [0.05, 0.1) is 25.4 Å². The summed E-state index contributed by atoms with van der Waals surface area (Å²) in [5.41, 5.74) is 0.873. The van der Waals surface area contributed by atoms with Crippen LogP contribution in [0, 0.1) is 0 Å². The van der Waals surface area contributed by atoms with Gasteiger partial charge < -0.3 is 18.9 Å². The van der Waals surface area contributed by atoms with E-state index < -0.39 is 5.97 Å². The molecule has 0 heterocycles.